The molecule has 2 atom stereocenters. The SMILES string of the molecule is C[C@H](c1nc(C(F)(F)F)cc2c1N[I-]CC2c1cccc(C2(Cc3nncn3C)COC2)c1)N1CCC1. The Morgan fingerprint density at radius 2 is 2.05 bits per heavy atom. The molecule has 0 saturated carbocycles. The summed E-state index contributed by atoms with van der Waals surface area (Å²) in [7, 11) is 1.93. The predicted octanol–water partition coefficient (Wildman–Crippen LogP) is 1.07. The molecule has 5 heterocycles. The van der Waals surface area contributed by atoms with Crippen molar-refractivity contribution < 1.29 is 39.4 Å². The first kappa shape index (κ1) is 25.1. The average molecular weight is 625 g/mol. The predicted molar refractivity (Wildman–Crippen MR) is 128 cm³/mol. The van der Waals surface area contributed by atoms with E-state index in [2.05, 4.69) is 41.8 Å². The van der Waals surface area contributed by atoms with E-state index in [-0.39, 0.29) is 17.4 Å². The van der Waals surface area contributed by atoms with E-state index in [1.165, 1.54) is 6.07 Å². The number of likely N-dealkylation sites (tertiary alicyclic amines) is 1. The summed E-state index contributed by atoms with van der Waals surface area (Å²) in [6, 6.07) is 9.47. The minimum atomic E-state index is -4.50. The van der Waals surface area contributed by atoms with Crippen LogP contribution in [0, 0.1) is 0 Å². The number of nitrogens with zero attached hydrogens (tertiary/aromatic N) is 5. The van der Waals surface area contributed by atoms with Gasteiger partial charge in [-0.2, -0.15) is 0 Å². The Morgan fingerprint density at radius 1 is 1.24 bits per heavy atom. The van der Waals surface area contributed by atoms with Crippen LogP contribution in [0.3, 0.4) is 0 Å². The monoisotopic (exact) mass is 625 g/mol. The van der Waals surface area contributed by atoms with E-state index in [4.69, 9.17) is 4.74 Å². The maximum absolute atomic E-state index is 14.0. The number of benzene rings is 1. The van der Waals surface area contributed by atoms with Gasteiger partial charge in [-0.25, -0.2) is 0 Å². The second-order valence-corrected chi connectivity index (χ2v) is 12.5. The van der Waals surface area contributed by atoms with Gasteiger partial charge in [-0.1, -0.05) is 0 Å². The van der Waals surface area contributed by atoms with Gasteiger partial charge in [0.25, 0.3) is 0 Å². The van der Waals surface area contributed by atoms with E-state index in [1.54, 1.807) is 6.33 Å². The summed E-state index contributed by atoms with van der Waals surface area (Å²) in [5, 5.41) is 8.29. The molecule has 3 aromatic rings. The zero-order chi connectivity index (χ0) is 25.8. The van der Waals surface area contributed by atoms with Gasteiger partial charge in [0.1, 0.15) is 0 Å². The molecule has 3 aliphatic heterocycles. The van der Waals surface area contributed by atoms with Crippen molar-refractivity contribution in [2.45, 2.75) is 43.3 Å². The zero-order valence-corrected chi connectivity index (χ0v) is 22.9. The van der Waals surface area contributed by atoms with Crippen LogP contribution < -0.4 is 25.0 Å². The van der Waals surface area contributed by atoms with Gasteiger partial charge in [0, 0.05) is 0 Å². The molecule has 0 amide bonds. The Labute approximate surface area is 224 Å². The number of rotatable bonds is 6. The van der Waals surface area contributed by atoms with Crippen LogP contribution in [0.25, 0.3) is 0 Å². The number of nitrogens with one attached hydrogen (secondary N) is 1. The number of pyridine rings is 1. The van der Waals surface area contributed by atoms with Crippen LogP contribution in [0.4, 0.5) is 18.9 Å². The number of hydrogen-bond acceptors (Lipinski definition) is 6. The minimum absolute atomic E-state index is 0.108. The van der Waals surface area contributed by atoms with Crippen LogP contribution in [0.5, 0.6) is 0 Å². The van der Waals surface area contributed by atoms with Crippen molar-refractivity contribution in [3.8, 4) is 0 Å². The van der Waals surface area contributed by atoms with Gasteiger partial charge in [0.15, 0.2) is 0 Å². The molecule has 2 fully saturated rings. The normalized spacial score (nSPS) is 22.1. The van der Waals surface area contributed by atoms with Gasteiger partial charge in [-0.15, -0.1) is 0 Å². The molecule has 0 bridgehead atoms. The molecule has 198 valence electrons. The van der Waals surface area contributed by atoms with Crippen molar-refractivity contribution in [2.24, 2.45) is 7.05 Å². The van der Waals surface area contributed by atoms with Gasteiger partial charge in [-0.3, -0.25) is 0 Å². The van der Waals surface area contributed by atoms with Crippen LogP contribution in [0.15, 0.2) is 36.7 Å². The quantitative estimate of drug-likeness (QED) is 0.252. The van der Waals surface area contributed by atoms with E-state index in [0.717, 1.165) is 46.6 Å². The van der Waals surface area contributed by atoms with E-state index in [0.29, 0.717) is 30.9 Å². The van der Waals surface area contributed by atoms with Gasteiger partial charge in [0.05, 0.1) is 0 Å². The average Bonchev–Trinajstić information content (AvgIpc) is 3.22. The molecule has 7 nitrogen and oxygen atoms in total. The maximum atomic E-state index is 14.0. The topological polar surface area (TPSA) is 68.1 Å². The van der Waals surface area contributed by atoms with E-state index in [9.17, 15) is 13.2 Å². The van der Waals surface area contributed by atoms with Crippen molar-refractivity contribution in [1.29, 1.82) is 0 Å². The molecule has 3 aliphatic rings. The van der Waals surface area contributed by atoms with Crippen molar-refractivity contribution in [2.75, 3.05) is 34.3 Å². The molecular weight excluding hydrogens is 596 g/mol. The first-order valence-corrected chi connectivity index (χ1v) is 15.1. The van der Waals surface area contributed by atoms with E-state index in [1.807, 2.05) is 24.6 Å². The molecule has 0 spiro atoms. The first-order valence-electron chi connectivity index (χ1n) is 12.5. The molecule has 0 aliphatic carbocycles. The third-order valence-corrected chi connectivity index (χ3v) is 10.2. The number of aromatic nitrogens is 4. The fourth-order valence-electron chi connectivity index (χ4n) is 5.42. The second kappa shape index (κ2) is 9.49. The molecule has 6 rings (SSSR count). The Kier molecular flexibility index (Phi) is 6.43. The van der Waals surface area contributed by atoms with Gasteiger partial charge >= 0.3 is 225 Å². The summed E-state index contributed by atoms with van der Waals surface area (Å²) in [6.45, 7) is 4.92. The fourth-order valence-corrected chi connectivity index (χ4v) is 8.03. The molecule has 0 radical (unpaired) electrons. The fraction of sp³-hybridized carbons (Fsp3) is 0.500. The number of ether oxygens (including phenoxy) is 1. The third kappa shape index (κ3) is 4.52. The Hall–Kier alpha value is -2.25. The third-order valence-electron chi connectivity index (χ3n) is 7.93. The van der Waals surface area contributed by atoms with Crippen molar-refractivity contribution in [3.05, 3.63) is 70.6 Å². The summed E-state index contributed by atoms with van der Waals surface area (Å²) >= 11 is -0.431. The number of fused-ring (bicyclic) bond motifs is 1. The van der Waals surface area contributed by atoms with Crippen molar-refractivity contribution in [1.82, 2.24) is 24.6 Å². The van der Waals surface area contributed by atoms with Crippen LogP contribution >= 0.6 is 0 Å². The number of aryl methyl sites for hydroxylation is 1. The number of halogens is 4. The van der Waals surface area contributed by atoms with Crippen LogP contribution in [-0.4, -0.2) is 55.4 Å². The van der Waals surface area contributed by atoms with Crippen LogP contribution in [0.1, 0.15) is 59.2 Å². The van der Waals surface area contributed by atoms with Gasteiger partial charge in [-0.05, 0) is 0 Å². The summed E-state index contributed by atoms with van der Waals surface area (Å²) in [5.74, 6) is 0.778. The number of anilines is 1. The Balaban J connectivity index is 1.40. The van der Waals surface area contributed by atoms with E-state index >= 15 is 0 Å². The Bertz CT molecular complexity index is 1300. The summed E-state index contributed by atoms with van der Waals surface area (Å²) in [5.41, 5.74) is 3.21. The van der Waals surface area contributed by atoms with E-state index < -0.39 is 33.3 Å². The van der Waals surface area contributed by atoms with Crippen LogP contribution in [-0.2, 0) is 29.8 Å². The number of hydrogen-bond donors (Lipinski definition) is 1. The molecule has 11 heteroatoms. The second-order valence-electron chi connectivity index (χ2n) is 10.3. The molecule has 1 unspecified atom stereocenters. The van der Waals surface area contributed by atoms with Gasteiger partial charge in [0.2, 0.25) is 0 Å². The molecule has 1 N–H and O–H groups in total. The molecule has 2 saturated heterocycles. The standard InChI is InChI=1S/C26H29F3IN6O/c1-16(36-7-4-8-36)23-24-19(10-21(32-23)26(27,28)29)20(12-30-33-24)17-5-3-6-18(9-17)25(13-37-14-25)11-22-34-31-15-35(22)2/h3,5-6,9-10,15-16,20,33H,4,7-8,11-14H2,1-2H3/q-1/t16-,20?/m1/s1. The number of alkyl halides is 4. The zero-order valence-electron chi connectivity index (χ0n) is 20.7. The van der Waals surface area contributed by atoms with Crippen molar-refractivity contribution >= 4 is 5.69 Å². The summed E-state index contributed by atoms with van der Waals surface area (Å²) < 4.78 is 53.9. The van der Waals surface area contributed by atoms with Gasteiger partial charge < -0.3 is 0 Å². The Morgan fingerprint density at radius 3 is 2.68 bits per heavy atom. The summed E-state index contributed by atoms with van der Waals surface area (Å²) in [4.78, 5) is 6.37. The van der Waals surface area contributed by atoms with Crippen LogP contribution in [0.2, 0.25) is 0 Å². The molecule has 37 heavy (non-hydrogen) atoms. The molecular formula is C26H29F3IN6O-. The molecule has 2 aromatic heterocycles. The van der Waals surface area contributed by atoms with Crippen molar-refractivity contribution in [3.63, 3.8) is 0 Å². The summed E-state index contributed by atoms with van der Waals surface area (Å²) in [6.07, 6.45) is -1.04. The first-order chi connectivity index (χ1) is 17.7. The molecule has 1 aromatic carbocycles.